The molecular formula is C11H22N2O2. The maximum Gasteiger partial charge on any atom is 0.236 e. The molecule has 0 aromatic heterocycles. The van der Waals surface area contributed by atoms with Gasteiger partial charge in [-0.1, -0.05) is 13.8 Å². The Bertz CT molecular complexity index is 229. The van der Waals surface area contributed by atoms with Crippen molar-refractivity contribution >= 4 is 5.91 Å². The van der Waals surface area contributed by atoms with Gasteiger partial charge in [0.1, 0.15) is 0 Å². The molecule has 1 fully saturated rings. The van der Waals surface area contributed by atoms with Crippen molar-refractivity contribution in [3.8, 4) is 0 Å². The van der Waals surface area contributed by atoms with Crippen LogP contribution in [-0.2, 0) is 4.79 Å². The standard InChI is InChI=1S/C11H22N2O2/c1-8(2)10-6-13(5-9(3)14)7-11(15)12(10)4/h8-10,14H,5-7H2,1-4H3. The number of β-amino-alcohol motifs (C(OH)–C–C–N with tert-alkyl or cyclic N) is 1. The first-order chi connectivity index (χ1) is 6.91. The summed E-state index contributed by atoms with van der Waals surface area (Å²) in [5.41, 5.74) is 0. The van der Waals surface area contributed by atoms with Crippen molar-refractivity contribution in [3.05, 3.63) is 0 Å². The molecule has 0 bridgehead atoms. The van der Waals surface area contributed by atoms with Crippen molar-refractivity contribution in [2.75, 3.05) is 26.7 Å². The van der Waals surface area contributed by atoms with Gasteiger partial charge in [0.15, 0.2) is 0 Å². The molecule has 0 aliphatic carbocycles. The summed E-state index contributed by atoms with van der Waals surface area (Å²) < 4.78 is 0. The smallest absolute Gasteiger partial charge is 0.236 e. The molecule has 0 saturated carbocycles. The summed E-state index contributed by atoms with van der Waals surface area (Å²) in [5, 5.41) is 9.32. The first kappa shape index (κ1) is 12.5. The van der Waals surface area contributed by atoms with Gasteiger partial charge in [-0.25, -0.2) is 0 Å². The lowest BCUT2D eigenvalue weighted by atomic mass is 10.00. The average Bonchev–Trinajstić information content (AvgIpc) is 2.09. The van der Waals surface area contributed by atoms with Crippen LogP contribution in [0.3, 0.4) is 0 Å². The van der Waals surface area contributed by atoms with Crippen LogP contribution in [0.4, 0.5) is 0 Å². The number of hydrogen-bond acceptors (Lipinski definition) is 3. The highest BCUT2D eigenvalue weighted by Crippen LogP contribution is 2.16. The number of carbonyl (C=O) groups is 1. The van der Waals surface area contributed by atoms with Gasteiger partial charge in [-0.15, -0.1) is 0 Å². The molecule has 15 heavy (non-hydrogen) atoms. The number of rotatable bonds is 3. The summed E-state index contributed by atoms with van der Waals surface area (Å²) in [5.74, 6) is 0.608. The number of carbonyl (C=O) groups excluding carboxylic acids is 1. The van der Waals surface area contributed by atoms with Crippen molar-refractivity contribution < 1.29 is 9.90 Å². The molecule has 0 spiro atoms. The lowest BCUT2D eigenvalue weighted by Gasteiger charge is -2.41. The quantitative estimate of drug-likeness (QED) is 0.728. The second kappa shape index (κ2) is 4.94. The van der Waals surface area contributed by atoms with Gasteiger partial charge in [0.25, 0.3) is 0 Å². The van der Waals surface area contributed by atoms with Crippen LogP contribution >= 0.6 is 0 Å². The Morgan fingerprint density at radius 3 is 2.53 bits per heavy atom. The van der Waals surface area contributed by atoms with E-state index in [1.54, 1.807) is 6.92 Å². The number of nitrogens with zero attached hydrogens (tertiary/aromatic N) is 2. The van der Waals surface area contributed by atoms with Crippen LogP contribution in [0.2, 0.25) is 0 Å². The Morgan fingerprint density at radius 2 is 2.07 bits per heavy atom. The first-order valence-electron chi connectivity index (χ1n) is 5.58. The minimum absolute atomic E-state index is 0.153. The largest absolute Gasteiger partial charge is 0.392 e. The molecule has 1 rings (SSSR count). The van der Waals surface area contributed by atoms with Gasteiger partial charge >= 0.3 is 0 Å². The zero-order valence-corrected chi connectivity index (χ0v) is 10.1. The monoisotopic (exact) mass is 214 g/mol. The molecule has 1 N–H and O–H groups in total. The molecule has 2 atom stereocenters. The molecule has 1 heterocycles. The third-order valence-electron chi connectivity index (χ3n) is 2.99. The SMILES string of the molecule is CC(O)CN1CC(=O)N(C)C(C(C)C)C1. The third kappa shape index (κ3) is 3.18. The molecule has 1 amide bonds. The van der Waals surface area contributed by atoms with Crippen LogP contribution in [0.25, 0.3) is 0 Å². The Balaban J connectivity index is 2.62. The highest BCUT2D eigenvalue weighted by atomic mass is 16.3. The van der Waals surface area contributed by atoms with Crippen molar-refractivity contribution in [1.29, 1.82) is 0 Å². The average molecular weight is 214 g/mol. The summed E-state index contributed by atoms with van der Waals surface area (Å²) >= 11 is 0. The topological polar surface area (TPSA) is 43.8 Å². The maximum absolute atomic E-state index is 11.7. The van der Waals surface area contributed by atoms with Crippen LogP contribution in [-0.4, -0.2) is 59.6 Å². The van der Waals surface area contributed by atoms with Crippen molar-refractivity contribution in [2.45, 2.75) is 32.9 Å². The number of aliphatic hydroxyl groups is 1. The number of likely N-dealkylation sites (N-methyl/N-ethyl adjacent to an activating group) is 1. The molecule has 2 unspecified atom stereocenters. The zero-order valence-electron chi connectivity index (χ0n) is 10.1. The molecule has 1 saturated heterocycles. The Hall–Kier alpha value is -0.610. The van der Waals surface area contributed by atoms with Crippen molar-refractivity contribution in [3.63, 3.8) is 0 Å². The number of amides is 1. The summed E-state index contributed by atoms with van der Waals surface area (Å²) in [6.07, 6.45) is -0.367. The van der Waals surface area contributed by atoms with E-state index in [1.165, 1.54) is 0 Å². The van der Waals surface area contributed by atoms with E-state index in [-0.39, 0.29) is 18.1 Å². The predicted molar refractivity (Wildman–Crippen MR) is 59.5 cm³/mol. The summed E-state index contributed by atoms with van der Waals surface area (Å²) in [6.45, 7) is 7.89. The van der Waals surface area contributed by atoms with E-state index in [1.807, 2.05) is 16.8 Å². The molecule has 88 valence electrons. The van der Waals surface area contributed by atoms with Gasteiger partial charge in [-0.05, 0) is 12.8 Å². The molecule has 1 aliphatic heterocycles. The van der Waals surface area contributed by atoms with Crippen molar-refractivity contribution in [2.24, 2.45) is 5.92 Å². The Morgan fingerprint density at radius 1 is 1.47 bits per heavy atom. The van der Waals surface area contributed by atoms with E-state index in [0.29, 0.717) is 19.0 Å². The minimum Gasteiger partial charge on any atom is -0.392 e. The molecule has 1 aliphatic rings. The second-order valence-electron chi connectivity index (χ2n) is 4.86. The normalized spacial score (nSPS) is 26.1. The lowest BCUT2D eigenvalue weighted by Crippen LogP contribution is -2.57. The molecule has 4 nitrogen and oxygen atoms in total. The Kier molecular flexibility index (Phi) is 4.11. The second-order valence-corrected chi connectivity index (χ2v) is 4.86. The van der Waals surface area contributed by atoms with Crippen LogP contribution < -0.4 is 0 Å². The third-order valence-corrected chi connectivity index (χ3v) is 2.99. The Labute approximate surface area is 91.9 Å². The molecule has 4 heteroatoms. The molecule has 0 aromatic carbocycles. The maximum atomic E-state index is 11.7. The van der Waals surface area contributed by atoms with Gasteiger partial charge in [0, 0.05) is 26.2 Å². The highest BCUT2D eigenvalue weighted by molar-refractivity contribution is 5.79. The van der Waals surface area contributed by atoms with E-state index < -0.39 is 0 Å². The lowest BCUT2D eigenvalue weighted by molar-refractivity contribution is -0.139. The fourth-order valence-corrected chi connectivity index (χ4v) is 2.11. The first-order valence-corrected chi connectivity index (χ1v) is 5.58. The van der Waals surface area contributed by atoms with Crippen LogP contribution in [0.1, 0.15) is 20.8 Å². The number of hydrogen-bond donors (Lipinski definition) is 1. The van der Waals surface area contributed by atoms with Crippen LogP contribution in [0, 0.1) is 5.92 Å². The fourth-order valence-electron chi connectivity index (χ4n) is 2.11. The van der Waals surface area contributed by atoms with E-state index in [4.69, 9.17) is 0 Å². The zero-order chi connectivity index (χ0) is 11.6. The summed E-state index contributed by atoms with van der Waals surface area (Å²) in [6, 6.07) is 0.269. The van der Waals surface area contributed by atoms with Gasteiger partial charge in [0.05, 0.1) is 12.6 Å². The van der Waals surface area contributed by atoms with E-state index >= 15 is 0 Å². The number of aliphatic hydroxyl groups excluding tert-OH is 1. The van der Waals surface area contributed by atoms with Crippen LogP contribution in [0.15, 0.2) is 0 Å². The predicted octanol–water partition coefficient (Wildman–Crippen LogP) is 0.166. The van der Waals surface area contributed by atoms with E-state index in [9.17, 15) is 9.90 Å². The molecular weight excluding hydrogens is 192 g/mol. The van der Waals surface area contributed by atoms with Gasteiger partial charge in [-0.3, -0.25) is 9.69 Å². The van der Waals surface area contributed by atoms with Gasteiger partial charge in [0.2, 0.25) is 5.91 Å². The summed E-state index contributed by atoms with van der Waals surface area (Å²) in [4.78, 5) is 15.6. The highest BCUT2D eigenvalue weighted by Gasteiger charge is 2.31. The number of piperazine rings is 1. The van der Waals surface area contributed by atoms with E-state index in [0.717, 1.165) is 6.54 Å². The minimum atomic E-state index is -0.367. The van der Waals surface area contributed by atoms with Gasteiger partial charge < -0.3 is 10.0 Å². The molecule has 0 radical (unpaired) electrons. The summed E-state index contributed by atoms with van der Waals surface area (Å²) in [7, 11) is 1.87. The fraction of sp³-hybridized carbons (Fsp3) is 0.909. The molecule has 0 aromatic rings. The van der Waals surface area contributed by atoms with Gasteiger partial charge in [-0.2, -0.15) is 0 Å². The van der Waals surface area contributed by atoms with E-state index in [2.05, 4.69) is 13.8 Å². The van der Waals surface area contributed by atoms with Crippen molar-refractivity contribution in [1.82, 2.24) is 9.80 Å². The van der Waals surface area contributed by atoms with Crippen LogP contribution in [0.5, 0.6) is 0 Å².